The highest BCUT2D eigenvalue weighted by molar-refractivity contribution is 5.76. The first kappa shape index (κ1) is 68.5. The maximum absolute atomic E-state index is 13.2. The van der Waals surface area contributed by atoms with E-state index in [1.807, 2.05) is 18.2 Å². The molecule has 0 aromatic heterocycles. The molecule has 2 aliphatic rings. The zero-order chi connectivity index (χ0) is 54.6. The summed E-state index contributed by atoms with van der Waals surface area (Å²) in [5.41, 5.74) is 0. The molecule has 0 aromatic carbocycles. The van der Waals surface area contributed by atoms with Crippen LogP contribution in [0.1, 0.15) is 213 Å². The second-order valence-electron chi connectivity index (χ2n) is 20.7. The normalized spacial score (nSPS) is 25.6. The van der Waals surface area contributed by atoms with Crippen LogP contribution in [0.4, 0.5) is 0 Å². The molecule has 2 aliphatic heterocycles. The van der Waals surface area contributed by atoms with Crippen LogP contribution in [-0.4, -0.2) is 140 Å². The van der Waals surface area contributed by atoms with Gasteiger partial charge in [-0.25, -0.2) is 0 Å². The number of nitrogens with one attached hydrogen (secondary N) is 1. The zero-order valence-electron chi connectivity index (χ0n) is 46.5. The lowest BCUT2D eigenvalue weighted by Gasteiger charge is -2.46. The predicted molar refractivity (Wildman–Crippen MR) is 300 cm³/mol. The summed E-state index contributed by atoms with van der Waals surface area (Å²) in [7, 11) is 0. The van der Waals surface area contributed by atoms with E-state index >= 15 is 0 Å². The minimum absolute atomic E-state index is 0.149. The SMILES string of the molecule is CC/C=C\C/C=C\C/C=C\C/C=C\CCC(=O)NC(COC1OC(CO)C(OC2OC(CO)C(O)C(O)C2O)C(O)C1O)C(O)/C=C/CC/C=C/CCCCCCCCCCCCCCCCCCCCCCCC. The minimum Gasteiger partial charge on any atom is -0.394 e. The molecule has 0 spiro atoms. The van der Waals surface area contributed by atoms with E-state index < -0.39 is 86.8 Å². The van der Waals surface area contributed by atoms with E-state index in [1.165, 1.54) is 141 Å². The summed E-state index contributed by atoms with van der Waals surface area (Å²) >= 11 is 0. The number of aliphatic hydroxyl groups is 8. The molecule has 434 valence electrons. The van der Waals surface area contributed by atoms with Crippen LogP contribution in [0.15, 0.2) is 72.9 Å². The van der Waals surface area contributed by atoms with Crippen molar-refractivity contribution >= 4 is 5.91 Å². The molecule has 0 aliphatic carbocycles. The predicted octanol–water partition coefficient (Wildman–Crippen LogP) is 9.94. The molecule has 0 radical (unpaired) electrons. The van der Waals surface area contributed by atoms with Gasteiger partial charge in [0.25, 0.3) is 0 Å². The number of rotatable bonds is 46. The molecule has 12 unspecified atom stereocenters. The van der Waals surface area contributed by atoms with Crippen LogP contribution in [0.2, 0.25) is 0 Å². The van der Waals surface area contributed by atoms with Crippen LogP contribution in [0.25, 0.3) is 0 Å². The Morgan fingerprint density at radius 2 is 0.933 bits per heavy atom. The lowest BCUT2D eigenvalue weighted by molar-refractivity contribution is -0.359. The van der Waals surface area contributed by atoms with E-state index in [-0.39, 0.29) is 18.9 Å². The molecular weight excluding hydrogens is 955 g/mol. The van der Waals surface area contributed by atoms with Crippen molar-refractivity contribution in [2.75, 3.05) is 19.8 Å². The number of ether oxygens (including phenoxy) is 4. The summed E-state index contributed by atoms with van der Waals surface area (Å²) in [4.78, 5) is 13.2. The molecule has 1 amide bonds. The van der Waals surface area contributed by atoms with Gasteiger partial charge in [-0.1, -0.05) is 222 Å². The fourth-order valence-corrected chi connectivity index (χ4v) is 9.38. The van der Waals surface area contributed by atoms with Crippen molar-refractivity contribution in [1.29, 1.82) is 0 Å². The fourth-order valence-electron chi connectivity index (χ4n) is 9.38. The van der Waals surface area contributed by atoms with Gasteiger partial charge < -0.3 is 65.1 Å². The molecular formula is C61H107NO13. The molecule has 0 saturated carbocycles. The van der Waals surface area contributed by atoms with Crippen molar-refractivity contribution in [3.63, 3.8) is 0 Å². The van der Waals surface area contributed by atoms with Crippen molar-refractivity contribution in [1.82, 2.24) is 5.32 Å². The Balaban J connectivity index is 1.75. The van der Waals surface area contributed by atoms with E-state index in [1.54, 1.807) is 6.08 Å². The van der Waals surface area contributed by atoms with Gasteiger partial charge >= 0.3 is 0 Å². The smallest absolute Gasteiger partial charge is 0.220 e. The molecule has 14 heteroatoms. The number of hydrogen-bond donors (Lipinski definition) is 9. The first-order chi connectivity index (χ1) is 36.6. The number of unbranched alkanes of at least 4 members (excludes halogenated alkanes) is 23. The summed E-state index contributed by atoms with van der Waals surface area (Å²) in [6.45, 7) is 2.61. The van der Waals surface area contributed by atoms with Crippen LogP contribution < -0.4 is 5.32 Å². The Morgan fingerprint density at radius 3 is 1.45 bits per heavy atom. The molecule has 0 bridgehead atoms. The lowest BCUT2D eigenvalue weighted by Crippen LogP contribution is -2.65. The van der Waals surface area contributed by atoms with E-state index in [2.05, 4.69) is 67.8 Å². The Kier molecular flexibility index (Phi) is 42.4. The quantitative estimate of drug-likeness (QED) is 0.0205. The number of carbonyl (C=O) groups excluding carboxylic acids is 1. The summed E-state index contributed by atoms with van der Waals surface area (Å²) < 4.78 is 22.7. The third-order valence-electron chi connectivity index (χ3n) is 14.1. The number of carbonyl (C=O) groups is 1. The van der Waals surface area contributed by atoms with Gasteiger partial charge in [0.2, 0.25) is 5.91 Å². The van der Waals surface area contributed by atoms with Gasteiger partial charge in [-0.15, -0.1) is 0 Å². The largest absolute Gasteiger partial charge is 0.394 e. The summed E-state index contributed by atoms with van der Waals surface area (Å²) in [6, 6.07) is -0.973. The van der Waals surface area contributed by atoms with Gasteiger partial charge in [-0.05, 0) is 57.8 Å². The van der Waals surface area contributed by atoms with Crippen LogP contribution in [0.5, 0.6) is 0 Å². The average molecular weight is 1060 g/mol. The maximum atomic E-state index is 13.2. The number of amides is 1. The van der Waals surface area contributed by atoms with Gasteiger partial charge in [0.05, 0.1) is 32.0 Å². The summed E-state index contributed by atoms with van der Waals surface area (Å²) in [6.07, 6.45) is 44.2. The summed E-state index contributed by atoms with van der Waals surface area (Å²) in [5, 5.41) is 86.9. The third-order valence-corrected chi connectivity index (χ3v) is 14.1. The van der Waals surface area contributed by atoms with E-state index in [0.29, 0.717) is 12.8 Å². The molecule has 9 N–H and O–H groups in total. The Labute approximate surface area is 453 Å². The molecule has 2 saturated heterocycles. The van der Waals surface area contributed by atoms with Crippen LogP contribution in [0, 0.1) is 0 Å². The highest BCUT2D eigenvalue weighted by Gasteiger charge is 2.51. The van der Waals surface area contributed by atoms with Gasteiger partial charge in [-0.3, -0.25) is 4.79 Å². The zero-order valence-corrected chi connectivity index (χ0v) is 46.5. The monoisotopic (exact) mass is 1060 g/mol. The maximum Gasteiger partial charge on any atom is 0.220 e. The minimum atomic E-state index is -1.80. The van der Waals surface area contributed by atoms with Gasteiger partial charge in [0, 0.05) is 6.42 Å². The third kappa shape index (κ3) is 32.2. The highest BCUT2D eigenvalue weighted by Crippen LogP contribution is 2.30. The van der Waals surface area contributed by atoms with E-state index in [9.17, 15) is 45.6 Å². The second-order valence-corrected chi connectivity index (χ2v) is 20.7. The van der Waals surface area contributed by atoms with Crippen molar-refractivity contribution in [2.24, 2.45) is 0 Å². The van der Waals surface area contributed by atoms with Crippen molar-refractivity contribution in [2.45, 2.75) is 286 Å². The van der Waals surface area contributed by atoms with E-state index in [4.69, 9.17) is 18.9 Å². The highest BCUT2D eigenvalue weighted by atomic mass is 16.7. The Hall–Kier alpha value is -2.57. The fraction of sp³-hybridized carbons (Fsp3) is 0.787. The van der Waals surface area contributed by atoms with Gasteiger partial charge in [0.1, 0.15) is 48.8 Å². The van der Waals surface area contributed by atoms with Crippen molar-refractivity contribution < 1.29 is 64.6 Å². The molecule has 12 atom stereocenters. The second kappa shape index (κ2) is 46.4. The van der Waals surface area contributed by atoms with E-state index in [0.717, 1.165) is 38.5 Å². The molecule has 2 heterocycles. The number of hydrogen-bond acceptors (Lipinski definition) is 13. The molecule has 2 rings (SSSR count). The Bertz CT molecular complexity index is 1530. The molecule has 2 fully saturated rings. The van der Waals surface area contributed by atoms with Crippen LogP contribution >= 0.6 is 0 Å². The van der Waals surface area contributed by atoms with Crippen molar-refractivity contribution in [3.8, 4) is 0 Å². The standard InChI is InChI=1S/C61H107NO13/c1-3-5-7-9-11-13-15-17-18-19-20-21-22-23-24-25-26-27-28-29-30-31-33-34-36-38-40-42-44-50(65)49(62-53(66)45-43-41-39-37-35-32-16-14-12-10-8-6-4-2)48-72-60-58(71)56(69)59(52(47-64)74-60)75-61-57(70)55(68)54(67)51(46-63)73-61/h6,8,12,14,32,34-36,39,41-42,44,49-52,54-61,63-65,67-71H,3-5,7,9-11,13,15-31,33,37-38,40,43,45-48H2,1-2H3,(H,62,66)/b8-6-,14-12-,35-32-,36-34+,41-39-,44-42+. The number of aliphatic hydroxyl groups excluding tert-OH is 8. The first-order valence-corrected chi connectivity index (χ1v) is 29.7. The van der Waals surface area contributed by atoms with Gasteiger partial charge in [0.15, 0.2) is 12.6 Å². The molecule has 75 heavy (non-hydrogen) atoms. The Morgan fingerprint density at radius 1 is 0.493 bits per heavy atom. The first-order valence-electron chi connectivity index (χ1n) is 29.7. The number of allylic oxidation sites excluding steroid dienone is 11. The van der Waals surface area contributed by atoms with Crippen molar-refractivity contribution in [3.05, 3.63) is 72.9 Å². The molecule has 0 aromatic rings. The van der Waals surface area contributed by atoms with Gasteiger partial charge in [-0.2, -0.15) is 0 Å². The average Bonchev–Trinajstić information content (AvgIpc) is 3.41. The van der Waals surface area contributed by atoms with Crippen LogP contribution in [0.3, 0.4) is 0 Å². The topological polar surface area (TPSA) is 228 Å². The molecule has 14 nitrogen and oxygen atoms in total. The summed E-state index contributed by atoms with van der Waals surface area (Å²) in [5.74, 6) is -0.330. The lowest BCUT2D eigenvalue weighted by atomic mass is 9.97. The van der Waals surface area contributed by atoms with Crippen LogP contribution in [-0.2, 0) is 23.7 Å².